The summed E-state index contributed by atoms with van der Waals surface area (Å²) in [7, 11) is -4.68. The number of sulfone groups is 1. The lowest BCUT2D eigenvalue weighted by Crippen LogP contribution is -2.52. The number of aryl methyl sites for hydroxylation is 1. The largest absolute Gasteiger partial charge is 0.479 e. The average molecular weight is 686 g/mol. The number of alkyl halides is 8. The van der Waals surface area contributed by atoms with Gasteiger partial charge < -0.3 is 10.0 Å². The molecule has 2 aliphatic carbocycles. The molecule has 252 valence electrons. The molecule has 16 heteroatoms. The summed E-state index contributed by atoms with van der Waals surface area (Å²) in [4.78, 5) is 26.0. The van der Waals surface area contributed by atoms with E-state index in [0.29, 0.717) is 6.07 Å². The molecular weight excluding hydrogens is 657 g/mol. The molecule has 1 amide bonds. The van der Waals surface area contributed by atoms with Crippen molar-refractivity contribution in [1.82, 2.24) is 4.90 Å². The number of carboxylic acids is 1. The van der Waals surface area contributed by atoms with Crippen LogP contribution in [0.15, 0.2) is 47.4 Å². The van der Waals surface area contributed by atoms with Gasteiger partial charge in [-0.05, 0) is 86.8 Å². The Morgan fingerprint density at radius 2 is 1.46 bits per heavy atom. The first-order chi connectivity index (χ1) is 21.2. The second-order valence-electron chi connectivity index (χ2n) is 12.1. The normalized spacial score (nSPS) is 27.5. The molecule has 1 heterocycles. The third-order valence-corrected chi connectivity index (χ3v) is 12.2. The predicted octanol–water partition coefficient (Wildman–Crippen LogP) is 6.70. The molecule has 2 atom stereocenters. The molecule has 1 N–H and O–H groups in total. The maximum atomic E-state index is 15.1. The van der Waals surface area contributed by atoms with Crippen LogP contribution in [-0.4, -0.2) is 60.9 Å². The van der Waals surface area contributed by atoms with Crippen LogP contribution in [0.3, 0.4) is 0 Å². The van der Waals surface area contributed by atoms with Crippen molar-refractivity contribution in [2.24, 2.45) is 5.92 Å². The van der Waals surface area contributed by atoms with E-state index in [0.717, 1.165) is 30.3 Å². The number of aliphatic carboxylic acids is 1. The van der Waals surface area contributed by atoms with Crippen LogP contribution < -0.4 is 0 Å². The molecule has 2 fully saturated rings. The van der Waals surface area contributed by atoms with Crippen molar-refractivity contribution in [3.05, 3.63) is 65.0 Å². The molecule has 1 saturated carbocycles. The van der Waals surface area contributed by atoms with Gasteiger partial charge in [0.1, 0.15) is 10.6 Å². The highest BCUT2D eigenvalue weighted by Gasteiger charge is 2.73. The predicted molar refractivity (Wildman–Crippen MR) is 143 cm³/mol. The number of carbonyl (C=O) groups excluding carboxylic acids is 1. The van der Waals surface area contributed by atoms with E-state index in [2.05, 4.69) is 0 Å². The van der Waals surface area contributed by atoms with Crippen LogP contribution in [0.25, 0.3) is 0 Å². The molecule has 0 bridgehead atoms. The molecule has 0 radical (unpaired) electrons. The molecule has 0 unspecified atom stereocenters. The molecule has 2 aromatic carbocycles. The standard InChI is InChI=1S/C30H28F9NO5S/c31-20-5-7-21(8-6-20)46(44,45)27-14-15-40(24(41)17-10-12-26(32,13-11-17)25(42)43)23(27)3-1-2-18-16-19(4-9-22(18)27)28(33,29(34,35)36)30(37,38)39/h4-9,16-17,23H,1-3,10-15H2,(H,42,43)/t17-,23-,26+,27-/m0/s1. The molecule has 0 spiro atoms. The Bertz CT molecular complexity index is 1620. The van der Waals surface area contributed by atoms with Gasteiger partial charge in [0.2, 0.25) is 11.6 Å². The van der Waals surface area contributed by atoms with E-state index < -0.39 is 91.2 Å². The van der Waals surface area contributed by atoms with Crippen LogP contribution in [0.1, 0.15) is 61.6 Å². The van der Waals surface area contributed by atoms with Crippen molar-refractivity contribution in [3.63, 3.8) is 0 Å². The SMILES string of the molecule is O=C([C@H]1CC[C@](F)(C(=O)O)CC1)N1CC[C@]2(S(=O)(=O)c3ccc(F)cc3)c3ccc(C(F)(C(F)(F)F)C(F)(F)F)cc3CCC[C@H]12. The fourth-order valence-corrected chi connectivity index (χ4v) is 9.65. The Hall–Kier alpha value is -3.30. The van der Waals surface area contributed by atoms with Gasteiger partial charge in [-0.1, -0.05) is 18.2 Å². The van der Waals surface area contributed by atoms with E-state index in [9.17, 15) is 58.2 Å². The van der Waals surface area contributed by atoms with E-state index in [1.807, 2.05) is 0 Å². The minimum Gasteiger partial charge on any atom is -0.479 e. The Morgan fingerprint density at radius 1 is 0.870 bits per heavy atom. The Morgan fingerprint density at radius 3 is 2.00 bits per heavy atom. The van der Waals surface area contributed by atoms with Crippen molar-refractivity contribution < 1.29 is 62.6 Å². The topological polar surface area (TPSA) is 91.8 Å². The van der Waals surface area contributed by atoms with Crippen LogP contribution >= 0.6 is 0 Å². The zero-order chi connectivity index (χ0) is 34.1. The Kier molecular flexibility index (Phi) is 8.25. The number of nitrogens with zero attached hydrogens (tertiary/aromatic N) is 1. The lowest BCUT2D eigenvalue weighted by atomic mass is 9.79. The van der Waals surface area contributed by atoms with Crippen LogP contribution in [0.2, 0.25) is 0 Å². The first kappa shape index (κ1) is 34.0. The number of carboxylic acid groups (broad SMARTS) is 1. The van der Waals surface area contributed by atoms with Gasteiger partial charge in [0.05, 0.1) is 10.9 Å². The summed E-state index contributed by atoms with van der Waals surface area (Å²) in [6, 6.07) is 3.76. The highest BCUT2D eigenvalue weighted by atomic mass is 32.2. The number of fused-ring (bicyclic) bond motifs is 3. The van der Waals surface area contributed by atoms with E-state index in [1.54, 1.807) is 0 Å². The lowest BCUT2D eigenvalue weighted by Gasteiger charge is -2.40. The maximum absolute atomic E-state index is 15.1. The molecule has 3 aliphatic rings. The van der Waals surface area contributed by atoms with Crippen LogP contribution in [0.4, 0.5) is 39.5 Å². The van der Waals surface area contributed by atoms with Gasteiger partial charge in [0.25, 0.3) is 0 Å². The summed E-state index contributed by atoms with van der Waals surface area (Å²) in [5.74, 6) is -3.92. The van der Waals surface area contributed by atoms with Crippen molar-refractivity contribution >= 4 is 21.7 Å². The number of hydrogen-bond acceptors (Lipinski definition) is 4. The van der Waals surface area contributed by atoms with Crippen molar-refractivity contribution in [1.29, 1.82) is 0 Å². The number of carbonyl (C=O) groups is 2. The number of benzene rings is 2. The van der Waals surface area contributed by atoms with E-state index >= 15 is 4.39 Å². The third kappa shape index (κ3) is 5.05. The zero-order valence-corrected chi connectivity index (χ0v) is 24.7. The van der Waals surface area contributed by atoms with Crippen LogP contribution in [-0.2, 0) is 36.3 Å². The smallest absolute Gasteiger partial charge is 0.435 e. The summed E-state index contributed by atoms with van der Waals surface area (Å²) in [5, 5.41) is 9.21. The average Bonchev–Trinajstić information content (AvgIpc) is 3.28. The molecule has 1 aliphatic heterocycles. The van der Waals surface area contributed by atoms with Crippen molar-refractivity contribution in [2.45, 2.75) is 90.7 Å². The third-order valence-electron chi connectivity index (χ3n) is 9.70. The van der Waals surface area contributed by atoms with E-state index in [-0.39, 0.29) is 62.3 Å². The van der Waals surface area contributed by atoms with Gasteiger partial charge in [-0.2, -0.15) is 26.3 Å². The highest BCUT2D eigenvalue weighted by Crippen LogP contribution is 2.56. The summed E-state index contributed by atoms with van der Waals surface area (Å²) in [6.45, 7) is -0.223. The molecular formula is C30H28F9NO5S. The maximum Gasteiger partial charge on any atom is 0.435 e. The van der Waals surface area contributed by atoms with Gasteiger partial charge in [-0.15, -0.1) is 0 Å². The van der Waals surface area contributed by atoms with Crippen molar-refractivity contribution in [3.8, 4) is 0 Å². The lowest BCUT2D eigenvalue weighted by molar-refractivity contribution is -0.348. The minimum atomic E-state index is -6.40. The second-order valence-corrected chi connectivity index (χ2v) is 14.3. The molecule has 2 aromatic rings. The van der Waals surface area contributed by atoms with Gasteiger partial charge in [-0.25, -0.2) is 26.4 Å². The minimum absolute atomic E-state index is 0.0137. The zero-order valence-electron chi connectivity index (χ0n) is 23.9. The summed E-state index contributed by atoms with van der Waals surface area (Å²) in [5.41, 5.74) is -10.6. The quantitative estimate of drug-likeness (QED) is 0.280. The molecule has 6 nitrogen and oxygen atoms in total. The van der Waals surface area contributed by atoms with Gasteiger partial charge in [0, 0.05) is 18.0 Å². The Balaban J connectivity index is 1.65. The molecule has 46 heavy (non-hydrogen) atoms. The van der Waals surface area contributed by atoms with Gasteiger partial charge >= 0.3 is 24.0 Å². The van der Waals surface area contributed by atoms with Gasteiger partial charge in [-0.3, -0.25) is 4.79 Å². The first-order valence-corrected chi connectivity index (χ1v) is 15.9. The fraction of sp³-hybridized carbons (Fsp3) is 0.533. The number of halogens is 9. The number of amides is 1. The van der Waals surface area contributed by atoms with Gasteiger partial charge in [0.15, 0.2) is 9.84 Å². The molecule has 5 rings (SSSR count). The number of hydrogen-bond donors (Lipinski definition) is 1. The van der Waals surface area contributed by atoms with E-state index in [1.165, 1.54) is 4.90 Å². The fourth-order valence-electron chi connectivity index (χ4n) is 7.28. The van der Waals surface area contributed by atoms with Crippen LogP contribution in [0, 0.1) is 11.7 Å². The summed E-state index contributed by atoms with van der Waals surface area (Å²) in [6.07, 6.45) is -14.8. The first-order valence-electron chi connectivity index (χ1n) is 14.4. The molecule has 1 saturated heterocycles. The summed E-state index contributed by atoms with van der Waals surface area (Å²) < 4.78 is 152. The van der Waals surface area contributed by atoms with E-state index in [4.69, 9.17) is 0 Å². The van der Waals surface area contributed by atoms with Crippen molar-refractivity contribution in [2.75, 3.05) is 6.54 Å². The number of likely N-dealkylation sites (tertiary alicyclic amines) is 1. The summed E-state index contributed by atoms with van der Waals surface area (Å²) >= 11 is 0. The monoisotopic (exact) mass is 685 g/mol. The second kappa shape index (κ2) is 11.2. The number of rotatable bonds is 5. The highest BCUT2D eigenvalue weighted by molar-refractivity contribution is 7.92. The molecule has 0 aromatic heterocycles. The Labute approximate surface area is 257 Å². The van der Waals surface area contributed by atoms with Crippen LogP contribution in [0.5, 0.6) is 0 Å².